The van der Waals surface area contributed by atoms with Gasteiger partial charge in [-0.15, -0.1) is 0 Å². The van der Waals surface area contributed by atoms with Crippen molar-refractivity contribution in [1.29, 1.82) is 0 Å². The highest BCUT2D eigenvalue weighted by atomic mass is 16.5. The largest absolute Gasteiger partial charge is 0.380 e. The van der Waals surface area contributed by atoms with E-state index in [0.717, 1.165) is 65.0 Å². The molecule has 0 atom stereocenters. The van der Waals surface area contributed by atoms with Crippen LogP contribution >= 0.6 is 0 Å². The van der Waals surface area contributed by atoms with Crippen LogP contribution in [0.1, 0.15) is 291 Å². The van der Waals surface area contributed by atoms with Crippen molar-refractivity contribution in [2.75, 3.05) is 65.6 Å². The van der Waals surface area contributed by atoms with E-state index < -0.39 is 0 Å². The van der Waals surface area contributed by atoms with Gasteiger partial charge in [-0.1, -0.05) is 240 Å². The zero-order chi connectivity index (χ0) is 49.2. The first-order chi connectivity index (χ1) is 32.9. The number of hydrogen-bond acceptors (Lipinski definition) is 6. The van der Waals surface area contributed by atoms with Crippen LogP contribution in [0.5, 0.6) is 0 Å². The van der Waals surface area contributed by atoms with Gasteiger partial charge >= 0.3 is 0 Å². The number of nitrogens with zero attached hydrogens (tertiary/aromatic N) is 1. The molecular weight excluding hydrogens is 831 g/mol. The molecule has 0 radical (unpaired) electrons. The Morgan fingerprint density at radius 3 is 0.881 bits per heavy atom. The minimum absolute atomic E-state index is 0.117. The molecule has 0 spiro atoms. The number of nitrogens with one attached hydrogen (secondary N) is 4. The minimum atomic E-state index is 0.117. The molecule has 0 saturated carbocycles. The highest BCUT2D eigenvalue weighted by molar-refractivity contribution is 5.77. The van der Waals surface area contributed by atoms with E-state index in [1.165, 1.54) is 212 Å². The summed E-state index contributed by atoms with van der Waals surface area (Å²) in [6.45, 7) is 18.6. The van der Waals surface area contributed by atoms with Crippen LogP contribution in [-0.2, 0) is 19.1 Å². The molecule has 400 valence electrons. The Morgan fingerprint density at radius 1 is 0.313 bits per heavy atom. The second-order valence-electron chi connectivity index (χ2n) is 19.8. The van der Waals surface area contributed by atoms with Gasteiger partial charge in [0.1, 0.15) is 0 Å². The molecule has 9 nitrogen and oxygen atoms in total. The van der Waals surface area contributed by atoms with Crippen LogP contribution in [0.15, 0.2) is 0 Å². The first-order valence-corrected chi connectivity index (χ1v) is 29.8. The van der Waals surface area contributed by atoms with Crippen molar-refractivity contribution in [2.45, 2.75) is 291 Å². The first-order valence-electron chi connectivity index (χ1n) is 29.8. The Kier molecular flexibility index (Phi) is 60.7. The molecule has 4 N–H and O–H groups in total. The predicted molar refractivity (Wildman–Crippen MR) is 292 cm³/mol. The summed E-state index contributed by atoms with van der Waals surface area (Å²) in [5, 5.41) is 12.5. The highest BCUT2D eigenvalue weighted by Crippen LogP contribution is 2.14. The summed E-state index contributed by atoms with van der Waals surface area (Å²) in [5.41, 5.74) is 0. The summed E-state index contributed by atoms with van der Waals surface area (Å²) in [5.74, 6) is 0.425. The van der Waals surface area contributed by atoms with Gasteiger partial charge in [-0.2, -0.15) is 0 Å². The average molecular weight is 951 g/mol. The molecule has 0 aliphatic heterocycles. The quantitative estimate of drug-likeness (QED) is 0.0452. The Bertz CT molecular complexity index is 939. The van der Waals surface area contributed by atoms with Gasteiger partial charge in [-0.3, -0.25) is 14.4 Å². The fraction of sp³-hybridized carbons (Fsp3) is 0.948. The zero-order valence-corrected chi connectivity index (χ0v) is 45.9. The van der Waals surface area contributed by atoms with E-state index in [4.69, 9.17) is 4.74 Å². The normalized spacial score (nSPS) is 11.2. The molecular formula is C58H119N5O4. The predicted octanol–water partition coefficient (Wildman–Crippen LogP) is 14.9. The lowest BCUT2D eigenvalue weighted by Crippen LogP contribution is -2.36. The van der Waals surface area contributed by atoms with Crippen molar-refractivity contribution < 1.29 is 19.1 Å². The van der Waals surface area contributed by atoms with Gasteiger partial charge in [-0.25, -0.2) is 0 Å². The van der Waals surface area contributed by atoms with E-state index in [1.54, 1.807) is 0 Å². The standard InChI is InChI=1S/C38H77N3O3.C20H42N2O/c1-4-7-9-11-13-15-17-19-21-23-25-27-31-39-37(42)29-33-41(35-36-44-6-3)34-30-38(43)40-32-28-26-24-22-20-18-16-14-12-10-8-5-2;1-3-5-6-7-8-9-10-11-12-13-14-15-18-22-20(23)16-19-21-17-4-2/h4-36H2,1-3H3,(H,39,42)(H,40,43);21H,3-19H2,1-2H3,(H,22,23). The van der Waals surface area contributed by atoms with Gasteiger partial charge in [0.05, 0.1) is 6.61 Å². The van der Waals surface area contributed by atoms with E-state index in [2.05, 4.69) is 53.9 Å². The van der Waals surface area contributed by atoms with Crippen LogP contribution in [0, 0.1) is 0 Å². The number of unbranched alkanes of at least 4 members (excludes halogenated alkanes) is 33. The summed E-state index contributed by atoms with van der Waals surface area (Å²) in [7, 11) is 0. The Hall–Kier alpha value is -1.71. The van der Waals surface area contributed by atoms with Crippen molar-refractivity contribution in [3.63, 3.8) is 0 Å². The fourth-order valence-corrected chi connectivity index (χ4v) is 8.54. The van der Waals surface area contributed by atoms with E-state index in [-0.39, 0.29) is 17.7 Å². The lowest BCUT2D eigenvalue weighted by molar-refractivity contribution is -0.122. The lowest BCUT2D eigenvalue weighted by Gasteiger charge is -2.21. The van der Waals surface area contributed by atoms with Crippen molar-refractivity contribution in [3.8, 4) is 0 Å². The highest BCUT2D eigenvalue weighted by Gasteiger charge is 2.11. The van der Waals surface area contributed by atoms with E-state index in [1.807, 2.05) is 6.92 Å². The Balaban J connectivity index is 0. The average Bonchev–Trinajstić information content (AvgIpc) is 3.33. The molecule has 9 heteroatoms. The zero-order valence-electron chi connectivity index (χ0n) is 45.9. The minimum Gasteiger partial charge on any atom is -0.380 e. The molecule has 0 aromatic heterocycles. The summed E-state index contributed by atoms with van der Waals surface area (Å²) >= 11 is 0. The van der Waals surface area contributed by atoms with Crippen LogP contribution in [0.3, 0.4) is 0 Å². The summed E-state index contributed by atoms with van der Waals surface area (Å²) in [6, 6.07) is 0. The number of ether oxygens (including phenoxy) is 1. The van der Waals surface area contributed by atoms with Gasteiger partial charge in [-0.05, 0) is 39.2 Å². The summed E-state index contributed by atoms with van der Waals surface area (Å²) in [4.78, 5) is 38.6. The molecule has 0 heterocycles. The number of hydrogen-bond donors (Lipinski definition) is 4. The molecule has 0 rings (SSSR count). The smallest absolute Gasteiger partial charge is 0.221 e. The monoisotopic (exact) mass is 950 g/mol. The molecule has 0 aliphatic carbocycles. The van der Waals surface area contributed by atoms with E-state index in [9.17, 15) is 14.4 Å². The SMILES string of the molecule is CCCCCCCCCCCCCCNC(=O)CCN(CCOCC)CCC(=O)NCCCCCCCCCCCCCC.CCCCCCCCCCCCCCNC(=O)CCNCCC. The van der Waals surface area contributed by atoms with E-state index in [0.29, 0.717) is 45.6 Å². The number of rotatable bonds is 54. The van der Waals surface area contributed by atoms with Gasteiger partial charge in [0.2, 0.25) is 17.7 Å². The molecule has 0 saturated heterocycles. The molecule has 3 amide bonds. The maximum atomic E-state index is 12.4. The summed E-state index contributed by atoms with van der Waals surface area (Å²) in [6.07, 6.45) is 50.9. The summed E-state index contributed by atoms with van der Waals surface area (Å²) < 4.78 is 5.54. The van der Waals surface area contributed by atoms with Crippen molar-refractivity contribution in [1.82, 2.24) is 26.2 Å². The van der Waals surface area contributed by atoms with Gasteiger partial charge in [0.15, 0.2) is 0 Å². The first kappa shape index (κ1) is 67.4. The van der Waals surface area contributed by atoms with Crippen molar-refractivity contribution in [2.24, 2.45) is 0 Å². The number of carbonyl (C=O) groups is 3. The second-order valence-corrected chi connectivity index (χ2v) is 19.8. The van der Waals surface area contributed by atoms with Crippen molar-refractivity contribution >= 4 is 17.7 Å². The number of carbonyl (C=O) groups excluding carboxylic acids is 3. The maximum absolute atomic E-state index is 12.4. The third kappa shape index (κ3) is 60.4. The molecule has 0 unspecified atom stereocenters. The fourth-order valence-electron chi connectivity index (χ4n) is 8.54. The van der Waals surface area contributed by atoms with Crippen LogP contribution in [0.4, 0.5) is 0 Å². The third-order valence-electron chi connectivity index (χ3n) is 13.1. The van der Waals surface area contributed by atoms with Crippen molar-refractivity contribution in [3.05, 3.63) is 0 Å². The molecule has 0 aliphatic rings. The Labute approximate surface area is 418 Å². The maximum Gasteiger partial charge on any atom is 0.221 e. The third-order valence-corrected chi connectivity index (χ3v) is 13.1. The molecule has 0 bridgehead atoms. The van der Waals surface area contributed by atoms with Gasteiger partial charge < -0.3 is 30.9 Å². The van der Waals surface area contributed by atoms with Crippen LogP contribution < -0.4 is 21.3 Å². The molecule has 67 heavy (non-hydrogen) atoms. The number of amides is 3. The molecule has 0 fully saturated rings. The topological polar surface area (TPSA) is 112 Å². The van der Waals surface area contributed by atoms with Gasteiger partial charge in [0, 0.05) is 71.7 Å². The molecule has 0 aromatic carbocycles. The lowest BCUT2D eigenvalue weighted by atomic mass is 10.1. The molecule has 0 aromatic rings. The van der Waals surface area contributed by atoms with E-state index >= 15 is 0 Å². The second kappa shape index (κ2) is 60.4. The van der Waals surface area contributed by atoms with Gasteiger partial charge in [0.25, 0.3) is 0 Å². The van der Waals surface area contributed by atoms with Crippen LogP contribution in [0.2, 0.25) is 0 Å². The van der Waals surface area contributed by atoms with Crippen LogP contribution in [-0.4, -0.2) is 88.2 Å². The van der Waals surface area contributed by atoms with Crippen LogP contribution in [0.25, 0.3) is 0 Å². The Morgan fingerprint density at radius 2 is 0.597 bits per heavy atom.